The van der Waals surface area contributed by atoms with E-state index in [1.54, 1.807) is 52.3 Å². The number of benzene rings is 3. The molecule has 0 saturated heterocycles. The second kappa shape index (κ2) is 10.2. The van der Waals surface area contributed by atoms with Crippen LogP contribution in [0.25, 0.3) is 11.0 Å². The molecule has 0 radical (unpaired) electrons. The van der Waals surface area contributed by atoms with Crippen LogP contribution in [-0.2, 0) is 14.8 Å². The highest BCUT2D eigenvalue weighted by molar-refractivity contribution is 7.92. The zero-order chi connectivity index (χ0) is 25.9. The fourth-order valence-corrected chi connectivity index (χ4v) is 4.48. The largest absolute Gasteiger partial charge is 0.497 e. The Hall–Kier alpha value is -4.25. The van der Waals surface area contributed by atoms with Crippen molar-refractivity contribution in [1.82, 2.24) is 9.97 Å². The lowest BCUT2D eigenvalue weighted by Crippen LogP contribution is -2.14. The van der Waals surface area contributed by atoms with Gasteiger partial charge in [0, 0.05) is 29.6 Å². The highest BCUT2D eigenvalue weighted by atomic mass is 32.2. The normalized spacial score (nSPS) is 11.4. The quantitative estimate of drug-likeness (QED) is 0.276. The van der Waals surface area contributed by atoms with Crippen molar-refractivity contribution in [2.75, 3.05) is 24.3 Å². The van der Waals surface area contributed by atoms with Crippen molar-refractivity contribution in [1.29, 1.82) is 0 Å². The van der Waals surface area contributed by atoms with E-state index in [0.717, 1.165) is 0 Å². The van der Waals surface area contributed by atoms with Gasteiger partial charge >= 0.3 is 5.97 Å². The van der Waals surface area contributed by atoms with Crippen molar-refractivity contribution in [3.05, 3.63) is 66.2 Å². The molecule has 36 heavy (non-hydrogen) atoms. The average molecular weight is 511 g/mol. The van der Waals surface area contributed by atoms with Gasteiger partial charge in [-0.05, 0) is 56.3 Å². The van der Waals surface area contributed by atoms with E-state index < -0.39 is 16.0 Å². The van der Waals surface area contributed by atoms with Crippen molar-refractivity contribution < 1.29 is 27.4 Å². The number of H-pyrrole nitrogens is 1. The van der Waals surface area contributed by atoms with Crippen molar-refractivity contribution >= 4 is 44.3 Å². The van der Waals surface area contributed by atoms with Crippen LogP contribution in [0.2, 0.25) is 0 Å². The predicted octanol–water partition coefficient (Wildman–Crippen LogP) is 4.69. The monoisotopic (exact) mass is 510 g/mol. The van der Waals surface area contributed by atoms with E-state index in [9.17, 15) is 13.2 Å². The van der Waals surface area contributed by atoms with Crippen molar-refractivity contribution in [3.63, 3.8) is 0 Å². The lowest BCUT2D eigenvalue weighted by molar-refractivity contribution is 0.0378. The number of hydrogen-bond acceptors (Lipinski definition) is 8. The average Bonchev–Trinajstić information content (AvgIpc) is 3.25. The number of nitrogens with one attached hydrogen (secondary N) is 3. The Morgan fingerprint density at radius 3 is 2.19 bits per heavy atom. The molecule has 0 amide bonds. The van der Waals surface area contributed by atoms with Crippen LogP contribution in [0.4, 0.5) is 17.3 Å². The Bertz CT molecular complexity index is 1470. The molecule has 0 bridgehead atoms. The second-order valence-corrected chi connectivity index (χ2v) is 9.81. The molecule has 3 aromatic carbocycles. The number of esters is 1. The van der Waals surface area contributed by atoms with Crippen molar-refractivity contribution in [2.45, 2.75) is 24.8 Å². The molecule has 11 heteroatoms. The van der Waals surface area contributed by atoms with Gasteiger partial charge in [0.05, 0.1) is 41.8 Å². The zero-order valence-corrected chi connectivity index (χ0v) is 21.0. The molecule has 0 saturated carbocycles. The molecule has 4 aromatic rings. The first-order chi connectivity index (χ1) is 17.2. The lowest BCUT2D eigenvalue weighted by atomic mass is 10.2. The van der Waals surface area contributed by atoms with Crippen LogP contribution in [0.5, 0.6) is 11.5 Å². The third-order valence-corrected chi connectivity index (χ3v) is 6.47. The van der Waals surface area contributed by atoms with E-state index in [2.05, 4.69) is 20.0 Å². The topological polar surface area (TPSA) is 132 Å². The van der Waals surface area contributed by atoms with Gasteiger partial charge in [0.1, 0.15) is 11.5 Å². The second-order valence-electron chi connectivity index (χ2n) is 8.13. The molecule has 0 unspecified atom stereocenters. The minimum atomic E-state index is -3.90. The predicted molar refractivity (Wildman–Crippen MR) is 137 cm³/mol. The Kier molecular flexibility index (Phi) is 7.02. The van der Waals surface area contributed by atoms with Gasteiger partial charge in [-0.3, -0.25) is 4.72 Å². The number of carbonyl (C=O) groups is 1. The van der Waals surface area contributed by atoms with E-state index in [4.69, 9.17) is 14.2 Å². The molecule has 0 fully saturated rings. The summed E-state index contributed by atoms with van der Waals surface area (Å²) in [5.74, 6) is 1.17. The van der Waals surface area contributed by atoms with E-state index in [-0.39, 0.29) is 11.0 Å². The third kappa shape index (κ3) is 5.69. The Balaban J connectivity index is 1.52. The van der Waals surface area contributed by atoms with Gasteiger partial charge in [-0.2, -0.15) is 0 Å². The van der Waals surface area contributed by atoms with E-state index in [0.29, 0.717) is 45.4 Å². The van der Waals surface area contributed by atoms with Gasteiger partial charge in [0.25, 0.3) is 10.0 Å². The summed E-state index contributed by atoms with van der Waals surface area (Å²) in [5.41, 5.74) is 2.44. The van der Waals surface area contributed by atoms with Crippen LogP contribution in [0.1, 0.15) is 24.2 Å². The summed E-state index contributed by atoms with van der Waals surface area (Å²) in [4.78, 5) is 19.6. The maximum Gasteiger partial charge on any atom is 0.338 e. The summed E-state index contributed by atoms with van der Waals surface area (Å²) in [6.07, 6.45) is -0.248. The van der Waals surface area contributed by atoms with Crippen LogP contribution >= 0.6 is 0 Å². The zero-order valence-electron chi connectivity index (χ0n) is 20.2. The fourth-order valence-electron chi connectivity index (χ4n) is 3.40. The SMILES string of the molecule is COc1cc(Nc2nc3cc(S(=O)(=O)Nc4ccc(C(=O)OC(C)C)cc4)ccc3[nH]2)cc(OC)c1. The highest BCUT2D eigenvalue weighted by Crippen LogP contribution is 2.28. The first kappa shape index (κ1) is 24.9. The van der Waals surface area contributed by atoms with Crippen LogP contribution in [0.3, 0.4) is 0 Å². The number of hydrogen-bond donors (Lipinski definition) is 3. The van der Waals surface area contributed by atoms with E-state index in [1.165, 1.54) is 36.4 Å². The molecular weight excluding hydrogens is 484 g/mol. The first-order valence-corrected chi connectivity index (χ1v) is 12.5. The minimum absolute atomic E-state index is 0.0411. The Labute approximate surface area is 208 Å². The molecule has 0 aliphatic heterocycles. The lowest BCUT2D eigenvalue weighted by Gasteiger charge is -2.10. The summed E-state index contributed by atoms with van der Waals surface area (Å²) in [6.45, 7) is 3.51. The summed E-state index contributed by atoms with van der Waals surface area (Å²) in [5, 5.41) is 3.14. The van der Waals surface area contributed by atoms with E-state index in [1.807, 2.05) is 0 Å². The number of nitrogens with zero attached hydrogens (tertiary/aromatic N) is 1. The number of rotatable bonds is 9. The van der Waals surface area contributed by atoms with Crippen molar-refractivity contribution in [3.8, 4) is 11.5 Å². The van der Waals surface area contributed by atoms with Crippen molar-refractivity contribution in [2.24, 2.45) is 0 Å². The number of ether oxygens (including phenoxy) is 3. The van der Waals surface area contributed by atoms with Gasteiger partial charge in [-0.1, -0.05) is 0 Å². The molecule has 3 N–H and O–H groups in total. The number of aromatic nitrogens is 2. The molecular formula is C25H26N4O6S. The summed E-state index contributed by atoms with van der Waals surface area (Å²) >= 11 is 0. The number of sulfonamides is 1. The van der Waals surface area contributed by atoms with Crippen LogP contribution < -0.4 is 19.5 Å². The number of carbonyl (C=O) groups excluding carboxylic acids is 1. The molecule has 0 spiro atoms. The summed E-state index contributed by atoms with van der Waals surface area (Å²) in [7, 11) is -0.777. The van der Waals surface area contributed by atoms with Gasteiger partial charge in [0.15, 0.2) is 0 Å². The Morgan fingerprint density at radius 2 is 1.58 bits per heavy atom. The highest BCUT2D eigenvalue weighted by Gasteiger charge is 2.17. The molecule has 0 atom stereocenters. The molecule has 188 valence electrons. The Morgan fingerprint density at radius 1 is 0.917 bits per heavy atom. The van der Waals surface area contributed by atoms with Gasteiger partial charge in [-0.15, -0.1) is 0 Å². The standard InChI is InChI=1S/C25H26N4O6S/c1-15(2)35-24(30)16-5-7-17(8-6-16)29-36(31,32)21-9-10-22-23(14-21)28-25(27-22)26-18-11-19(33-3)13-20(12-18)34-4/h5-15,29H,1-4H3,(H2,26,27,28). The van der Waals surface area contributed by atoms with Gasteiger partial charge in [0.2, 0.25) is 5.95 Å². The molecule has 1 heterocycles. The van der Waals surface area contributed by atoms with Crippen LogP contribution in [-0.4, -0.2) is 44.7 Å². The van der Waals surface area contributed by atoms with Crippen LogP contribution in [0.15, 0.2) is 65.6 Å². The molecule has 1 aromatic heterocycles. The molecule has 4 rings (SSSR count). The third-order valence-electron chi connectivity index (χ3n) is 5.09. The number of aromatic amines is 1. The fraction of sp³-hybridized carbons (Fsp3) is 0.200. The summed E-state index contributed by atoms with van der Waals surface area (Å²) in [6, 6.07) is 15.9. The summed E-state index contributed by atoms with van der Waals surface area (Å²) < 4.78 is 44.2. The smallest absolute Gasteiger partial charge is 0.338 e. The number of imidazole rings is 1. The maximum absolute atomic E-state index is 13.0. The molecule has 0 aliphatic carbocycles. The first-order valence-electron chi connectivity index (χ1n) is 11.0. The minimum Gasteiger partial charge on any atom is -0.497 e. The number of methoxy groups -OCH3 is 2. The number of anilines is 3. The van der Waals surface area contributed by atoms with E-state index >= 15 is 0 Å². The number of fused-ring (bicyclic) bond motifs is 1. The van der Waals surface area contributed by atoms with Crippen LogP contribution in [0, 0.1) is 0 Å². The van der Waals surface area contributed by atoms with Gasteiger partial charge in [-0.25, -0.2) is 18.2 Å². The maximum atomic E-state index is 13.0. The van der Waals surface area contributed by atoms with Gasteiger partial charge < -0.3 is 24.5 Å². The molecule has 0 aliphatic rings. The molecule has 10 nitrogen and oxygen atoms in total.